The molecule has 110 valence electrons. The zero-order valence-electron chi connectivity index (χ0n) is 11.7. The number of hydrogen-bond acceptors (Lipinski definition) is 4. The average molecular weight is 297 g/mol. The molecule has 5 nitrogen and oxygen atoms in total. The van der Waals surface area contributed by atoms with Gasteiger partial charge in [0, 0.05) is 7.05 Å². The smallest absolute Gasteiger partial charge is 0.329 e. The summed E-state index contributed by atoms with van der Waals surface area (Å²) >= 11 is 1.41. The summed E-state index contributed by atoms with van der Waals surface area (Å²) in [5.74, 6) is -1.10. The van der Waals surface area contributed by atoms with E-state index in [9.17, 15) is 14.7 Å². The third kappa shape index (κ3) is 2.57. The predicted octanol–water partition coefficient (Wildman–Crippen LogP) is 2.86. The van der Waals surface area contributed by atoms with Crippen molar-refractivity contribution in [2.24, 2.45) is 0 Å². The SMILES string of the molecule is CSc1ccc(C(=O)N(C)C2(C(=O)O)CCCCC2)o1. The number of nitrogens with zero attached hydrogens (tertiary/aromatic N) is 1. The molecule has 0 spiro atoms. The quantitative estimate of drug-likeness (QED) is 0.865. The number of furan rings is 1. The van der Waals surface area contributed by atoms with E-state index in [2.05, 4.69) is 0 Å². The van der Waals surface area contributed by atoms with Gasteiger partial charge in [-0.15, -0.1) is 0 Å². The van der Waals surface area contributed by atoms with E-state index in [1.165, 1.54) is 16.7 Å². The highest BCUT2D eigenvalue weighted by Gasteiger charge is 2.46. The second kappa shape index (κ2) is 5.91. The molecule has 1 saturated carbocycles. The number of carboxylic acids is 1. The van der Waals surface area contributed by atoms with Gasteiger partial charge in [-0.25, -0.2) is 4.79 Å². The van der Waals surface area contributed by atoms with Crippen molar-refractivity contribution in [3.63, 3.8) is 0 Å². The predicted molar refractivity (Wildman–Crippen MR) is 76.0 cm³/mol. The van der Waals surface area contributed by atoms with E-state index >= 15 is 0 Å². The molecule has 20 heavy (non-hydrogen) atoms. The lowest BCUT2D eigenvalue weighted by molar-refractivity contribution is -0.151. The third-order valence-corrected chi connectivity index (χ3v) is 4.64. The van der Waals surface area contributed by atoms with E-state index in [1.54, 1.807) is 19.2 Å². The van der Waals surface area contributed by atoms with Crippen molar-refractivity contribution >= 4 is 23.6 Å². The number of rotatable bonds is 4. The van der Waals surface area contributed by atoms with Gasteiger partial charge in [0.25, 0.3) is 5.91 Å². The monoisotopic (exact) mass is 297 g/mol. The molecule has 0 saturated heterocycles. The summed E-state index contributed by atoms with van der Waals surface area (Å²) in [5, 5.41) is 10.2. The van der Waals surface area contributed by atoms with E-state index in [-0.39, 0.29) is 11.7 Å². The molecule has 0 aliphatic heterocycles. The van der Waals surface area contributed by atoms with Crippen molar-refractivity contribution in [1.82, 2.24) is 4.90 Å². The van der Waals surface area contributed by atoms with Gasteiger partial charge in [-0.1, -0.05) is 31.0 Å². The van der Waals surface area contributed by atoms with Crippen molar-refractivity contribution in [2.75, 3.05) is 13.3 Å². The van der Waals surface area contributed by atoms with Crippen LogP contribution in [0.2, 0.25) is 0 Å². The van der Waals surface area contributed by atoms with E-state index < -0.39 is 11.5 Å². The van der Waals surface area contributed by atoms with Crippen molar-refractivity contribution < 1.29 is 19.1 Å². The number of carbonyl (C=O) groups is 2. The van der Waals surface area contributed by atoms with Crippen molar-refractivity contribution in [2.45, 2.75) is 42.7 Å². The molecule has 1 fully saturated rings. The van der Waals surface area contributed by atoms with Gasteiger partial charge in [-0.05, 0) is 31.2 Å². The van der Waals surface area contributed by atoms with Crippen LogP contribution in [0.25, 0.3) is 0 Å². The fraction of sp³-hybridized carbons (Fsp3) is 0.571. The summed E-state index contributed by atoms with van der Waals surface area (Å²) in [6.07, 6.45) is 5.54. The zero-order chi connectivity index (χ0) is 14.8. The number of aliphatic carboxylic acids is 1. The van der Waals surface area contributed by atoms with Crippen LogP contribution < -0.4 is 0 Å². The summed E-state index contributed by atoms with van der Waals surface area (Å²) in [5.41, 5.74) is -1.10. The summed E-state index contributed by atoms with van der Waals surface area (Å²) in [7, 11) is 1.56. The van der Waals surface area contributed by atoms with E-state index in [0.717, 1.165) is 19.3 Å². The first-order chi connectivity index (χ1) is 9.51. The number of carbonyl (C=O) groups excluding carboxylic acids is 1. The zero-order valence-corrected chi connectivity index (χ0v) is 12.5. The minimum absolute atomic E-state index is 0.197. The largest absolute Gasteiger partial charge is 0.479 e. The molecule has 1 aliphatic rings. The molecular formula is C14H19NO4S. The Balaban J connectivity index is 2.25. The van der Waals surface area contributed by atoms with Crippen LogP contribution in [0.3, 0.4) is 0 Å². The van der Waals surface area contributed by atoms with E-state index in [1.807, 2.05) is 6.26 Å². The van der Waals surface area contributed by atoms with E-state index in [4.69, 9.17) is 4.42 Å². The first-order valence-corrected chi connectivity index (χ1v) is 7.89. The molecule has 1 amide bonds. The lowest BCUT2D eigenvalue weighted by atomic mass is 9.80. The first kappa shape index (κ1) is 15.0. The maximum Gasteiger partial charge on any atom is 0.329 e. The topological polar surface area (TPSA) is 70.8 Å². The normalized spacial score (nSPS) is 17.7. The van der Waals surface area contributed by atoms with Crippen LogP contribution in [0.1, 0.15) is 42.7 Å². The fourth-order valence-corrected chi connectivity index (χ4v) is 3.11. The number of hydrogen-bond donors (Lipinski definition) is 1. The maximum absolute atomic E-state index is 12.4. The molecule has 0 radical (unpaired) electrons. The molecule has 0 unspecified atom stereocenters. The highest BCUT2D eigenvalue weighted by Crippen LogP contribution is 2.34. The Morgan fingerprint density at radius 1 is 1.30 bits per heavy atom. The van der Waals surface area contributed by atoms with Gasteiger partial charge in [-0.3, -0.25) is 4.79 Å². The summed E-state index contributed by atoms with van der Waals surface area (Å²) in [6, 6.07) is 3.32. The van der Waals surface area contributed by atoms with Gasteiger partial charge in [0.05, 0.1) is 0 Å². The summed E-state index contributed by atoms with van der Waals surface area (Å²) in [4.78, 5) is 25.5. The van der Waals surface area contributed by atoms with Crippen LogP contribution in [0.15, 0.2) is 21.6 Å². The molecule has 1 aromatic rings. The lowest BCUT2D eigenvalue weighted by Gasteiger charge is -2.40. The van der Waals surface area contributed by atoms with Gasteiger partial charge >= 0.3 is 5.97 Å². The van der Waals surface area contributed by atoms with Gasteiger partial charge in [0.15, 0.2) is 10.9 Å². The standard InChI is InChI=1S/C14H19NO4S/c1-15(12(16)10-6-7-11(19-10)20-2)14(13(17)18)8-4-3-5-9-14/h6-7H,3-5,8-9H2,1-2H3,(H,17,18). The lowest BCUT2D eigenvalue weighted by Crippen LogP contribution is -2.56. The molecule has 2 rings (SSSR count). The van der Waals surface area contributed by atoms with E-state index in [0.29, 0.717) is 17.9 Å². The van der Waals surface area contributed by atoms with Crippen LogP contribution in [0.4, 0.5) is 0 Å². The Hall–Kier alpha value is -1.43. The third-order valence-electron chi connectivity index (χ3n) is 4.02. The maximum atomic E-state index is 12.4. The molecule has 1 N–H and O–H groups in total. The van der Waals surface area contributed by atoms with Crippen molar-refractivity contribution in [3.05, 3.63) is 17.9 Å². The van der Waals surface area contributed by atoms with Crippen LogP contribution in [-0.2, 0) is 4.79 Å². The van der Waals surface area contributed by atoms with Gasteiger partial charge in [0.1, 0.15) is 5.54 Å². The Morgan fingerprint density at radius 2 is 1.95 bits per heavy atom. The minimum Gasteiger partial charge on any atom is -0.479 e. The van der Waals surface area contributed by atoms with Crippen LogP contribution in [0, 0.1) is 0 Å². The Morgan fingerprint density at radius 3 is 2.45 bits per heavy atom. The second-order valence-electron chi connectivity index (χ2n) is 5.08. The Bertz CT molecular complexity index is 505. The van der Waals surface area contributed by atoms with Crippen molar-refractivity contribution in [1.29, 1.82) is 0 Å². The van der Waals surface area contributed by atoms with Crippen LogP contribution in [0.5, 0.6) is 0 Å². The molecular weight excluding hydrogens is 278 g/mol. The Kier molecular flexibility index (Phi) is 4.42. The molecule has 6 heteroatoms. The number of carboxylic acid groups (broad SMARTS) is 1. The molecule has 1 aliphatic carbocycles. The molecule has 0 atom stereocenters. The summed E-state index contributed by atoms with van der Waals surface area (Å²) < 4.78 is 5.41. The van der Waals surface area contributed by atoms with Crippen LogP contribution >= 0.6 is 11.8 Å². The first-order valence-electron chi connectivity index (χ1n) is 6.66. The average Bonchev–Trinajstić information content (AvgIpc) is 2.95. The van der Waals surface area contributed by atoms with Crippen molar-refractivity contribution in [3.8, 4) is 0 Å². The van der Waals surface area contributed by atoms with Crippen LogP contribution in [-0.4, -0.2) is 40.7 Å². The highest BCUT2D eigenvalue weighted by atomic mass is 32.2. The van der Waals surface area contributed by atoms with Gasteiger partial charge in [0.2, 0.25) is 0 Å². The fourth-order valence-electron chi connectivity index (χ4n) is 2.73. The summed E-state index contributed by atoms with van der Waals surface area (Å²) in [6.45, 7) is 0. The number of amides is 1. The Labute approximate surface area is 122 Å². The minimum atomic E-state index is -1.10. The number of thioether (sulfide) groups is 1. The molecule has 0 bridgehead atoms. The second-order valence-corrected chi connectivity index (χ2v) is 5.89. The highest BCUT2D eigenvalue weighted by molar-refractivity contribution is 7.98. The van der Waals surface area contributed by atoms with Gasteiger partial charge in [-0.2, -0.15) is 0 Å². The molecule has 0 aromatic carbocycles. The number of likely N-dealkylation sites (N-methyl/N-ethyl adjacent to an activating group) is 1. The molecule has 1 aromatic heterocycles. The van der Waals surface area contributed by atoms with Gasteiger partial charge < -0.3 is 14.4 Å². The molecule has 1 heterocycles.